The zero-order valence-electron chi connectivity index (χ0n) is 22.2. The molecule has 0 heterocycles. The summed E-state index contributed by atoms with van der Waals surface area (Å²) in [6.45, 7) is 5.54. The highest BCUT2D eigenvalue weighted by atomic mass is 32.2. The quantitative estimate of drug-likeness (QED) is 0.391. The van der Waals surface area contributed by atoms with Crippen molar-refractivity contribution >= 4 is 27.5 Å². The minimum absolute atomic E-state index is 0.0592. The van der Waals surface area contributed by atoms with Crippen LogP contribution in [0.2, 0.25) is 0 Å². The molecule has 2 atom stereocenters. The van der Waals surface area contributed by atoms with Crippen LogP contribution in [0.4, 0.5) is 18.9 Å². The highest BCUT2D eigenvalue weighted by molar-refractivity contribution is 7.92. The van der Waals surface area contributed by atoms with Crippen LogP contribution >= 0.6 is 0 Å². The number of nitrogens with one attached hydrogen (secondary N) is 1. The van der Waals surface area contributed by atoms with Crippen LogP contribution in [0.5, 0.6) is 0 Å². The Kier molecular flexibility index (Phi) is 11.2. The molecule has 2 aromatic rings. The molecule has 210 valence electrons. The van der Waals surface area contributed by atoms with Crippen LogP contribution in [0.1, 0.15) is 51.2 Å². The molecule has 0 radical (unpaired) electrons. The van der Waals surface area contributed by atoms with E-state index < -0.39 is 27.8 Å². The number of carbonyl (C=O) groups is 2. The van der Waals surface area contributed by atoms with Crippen molar-refractivity contribution in [3.63, 3.8) is 0 Å². The van der Waals surface area contributed by atoms with Crippen LogP contribution in [-0.4, -0.2) is 56.6 Å². The molecule has 0 aliphatic heterocycles. The van der Waals surface area contributed by atoms with Crippen molar-refractivity contribution in [2.75, 3.05) is 23.7 Å². The first-order chi connectivity index (χ1) is 17.7. The Labute approximate surface area is 223 Å². The predicted molar refractivity (Wildman–Crippen MR) is 142 cm³/mol. The molecule has 2 aromatic carbocycles. The van der Waals surface area contributed by atoms with E-state index in [9.17, 15) is 31.2 Å². The average molecular weight is 556 g/mol. The van der Waals surface area contributed by atoms with Gasteiger partial charge in [0.25, 0.3) is 0 Å². The topological polar surface area (TPSA) is 86.8 Å². The normalized spacial score (nSPS) is 13.4. The molecule has 2 rings (SSSR count). The van der Waals surface area contributed by atoms with Gasteiger partial charge in [-0.2, -0.15) is 13.2 Å². The van der Waals surface area contributed by atoms with E-state index in [0.29, 0.717) is 6.42 Å². The summed E-state index contributed by atoms with van der Waals surface area (Å²) in [7, 11) is -3.91. The van der Waals surface area contributed by atoms with Gasteiger partial charge in [-0.05, 0) is 56.9 Å². The van der Waals surface area contributed by atoms with Crippen molar-refractivity contribution in [3.05, 3.63) is 65.7 Å². The van der Waals surface area contributed by atoms with E-state index >= 15 is 0 Å². The number of sulfonamides is 1. The van der Waals surface area contributed by atoms with E-state index in [1.807, 2.05) is 44.2 Å². The summed E-state index contributed by atoms with van der Waals surface area (Å²) in [6.07, 6.45) is -2.49. The Bertz CT molecular complexity index is 1170. The van der Waals surface area contributed by atoms with Crippen LogP contribution in [0.25, 0.3) is 0 Å². The second kappa shape index (κ2) is 13.6. The summed E-state index contributed by atoms with van der Waals surface area (Å²) in [4.78, 5) is 27.5. The third-order valence-corrected chi connectivity index (χ3v) is 7.46. The Morgan fingerprint density at radius 2 is 1.66 bits per heavy atom. The highest BCUT2D eigenvalue weighted by Crippen LogP contribution is 2.32. The fourth-order valence-corrected chi connectivity index (χ4v) is 4.83. The van der Waals surface area contributed by atoms with Gasteiger partial charge in [-0.3, -0.25) is 13.9 Å². The van der Waals surface area contributed by atoms with Gasteiger partial charge in [0.05, 0.1) is 17.5 Å². The van der Waals surface area contributed by atoms with Crippen LogP contribution in [-0.2, 0) is 32.2 Å². The largest absolute Gasteiger partial charge is 0.416 e. The molecule has 0 bridgehead atoms. The summed E-state index contributed by atoms with van der Waals surface area (Å²) in [5.74, 6) is -0.632. The molecule has 1 N–H and O–H groups in total. The molecule has 0 aromatic heterocycles. The van der Waals surface area contributed by atoms with E-state index in [1.165, 1.54) is 11.0 Å². The standard InChI is InChI=1S/C27H36F3N3O4S/c1-5-20(2)31-26(35)21(3)32(18-16-22-11-7-6-8-12-22)25(34)15-10-17-33(38(4,36)37)24-14-9-13-23(19-24)27(28,29)30/h6-9,11-14,19-21H,5,10,15-18H2,1-4H3,(H,31,35)/t20-,21+/m0/s1. The molecule has 0 aliphatic rings. The first-order valence-corrected chi connectivity index (χ1v) is 14.4. The monoisotopic (exact) mass is 555 g/mol. The number of hydrogen-bond acceptors (Lipinski definition) is 4. The maximum atomic E-state index is 13.2. The molecule has 0 fully saturated rings. The fourth-order valence-electron chi connectivity index (χ4n) is 3.88. The number of amides is 2. The van der Waals surface area contributed by atoms with Gasteiger partial charge in [-0.25, -0.2) is 8.42 Å². The van der Waals surface area contributed by atoms with Crippen molar-refractivity contribution in [1.82, 2.24) is 10.2 Å². The van der Waals surface area contributed by atoms with Crippen LogP contribution in [0, 0.1) is 0 Å². The lowest BCUT2D eigenvalue weighted by Crippen LogP contribution is -2.50. The molecule has 0 saturated heterocycles. The lowest BCUT2D eigenvalue weighted by molar-refractivity contribution is -0.140. The third-order valence-electron chi connectivity index (χ3n) is 6.27. The summed E-state index contributed by atoms with van der Waals surface area (Å²) in [6, 6.07) is 12.7. The number of rotatable bonds is 13. The van der Waals surface area contributed by atoms with Gasteiger partial charge >= 0.3 is 6.18 Å². The molecular weight excluding hydrogens is 519 g/mol. The molecule has 0 saturated carbocycles. The summed E-state index contributed by atoms with van der Waals surface area (Å²) in [5, 5.41) is 2.88. The minimum atomic E-state index is -4.62. The number of benzene rings is 2. The molecule has 2 amide bonds. The van der Waals surface area contributed by atoms with Gasteiger partial charge in [0, 0.05) is 25.6 Å². The third kappa shape index (κ3) is 9.34. The lowest BCUT2D eigenvalue weighted by atomic mass is 10.1. The Hall–Kier alpha value is -3.08. The summed E-state index contributed by atoms with van der Waals surface area (Å²) in [5.41, 5.74) is -0.0994. The predicted octanol–water partition coefficient (Wildman–Crippen LogP) is 4.63. The van der Waals surface area contributed by atoms with Gasteiger partial charge in [0.15, 0.2) is 0 Å². The van der Waals surface area contributed by atoms with Gasteiger partial charge in [-0.15, -0.1) is 0 Å². The van der Waals surface area contributed by atoms with Gasteiger partial charge in [0.1, 0.15) is 6.04 Å². The first-order valence-electron chi connectivity index (χ1n) is 12.5. The SMILES string of the molecule is CC[C@H](C)NC(=O)[C@@H](C)N(CCc1ccccc1)C(=O)CCCN(c1cccc(C(F)(F)F)c1)S(C)(=O)=O. The fraction of sp³-hybridized carbons (Fsp3) is 0.481. The number of halogens is 3. The molecule has 7 nitrogen and oxygen atoms in total. The number of anilines is 1. The number of hydrogen-bond donors (Lipinski definition) is 1. The Balaban J connectivity index is 2.16. The average Bonchev–Trinajstić information content (AvgIpc) is 2.85. The maximum Gasteiger partial charge on any atom is 0.416 e. The van der Waals surface area contributed by atoms with E-state index in [1.54, 1.807) is 6.92 Å². The van der Waals surface area contributed by atoms with Gasteiger partial charge in [0.2, 0.25) is 21.8 Å². The zero-order chi connectivity index (χ0) is 28.5. The minimum Gasteiger partial charge on any atom is -0.352 e. The van der Waals surface area contributed by atoms with Crippen molar-refractivity contribution < 1.29 is 31.2 Å². The molecule has 38 heavy (non-hydrogen) atoms. The van der Waals surface area contributed by atoms with E-state index in [4.69, 9.17) is 0 Å². The molecule has 0 unspecified atom stereocenters. The van der Waals surface area contributed by atoms with Crippen LogP contribution in [0.3, 0.4) is 0 Å². The van der Waals surface area contributed by atoms with Crippen LogP contribution < -0.4 is 9.62 Å². The van der Waals surface area contributed by atoms with Gasteiger partial charge in [-0.1, -0.05) is 43.3 Å². The molecule has 11 heteroatoms. The van der Waals surface area contributed by atoms with Crippen molar-refractivity contribution in [2.24, 2.45) is 0 Å². The summed E-state index contributed by atoms with van der Waals surface area (Å²) < 4.78 is 65.1. The second-order valence-corrected chi connectivity index (χ2v) is 11.2. The Morgan fingerprint density at radius 1 is 1.00 bits per heavy atom. The highest BCUT2D eigenvalue weighted by Gasteiger charge is 2.32. The smallest absolute Gasteiger partial charge is 0.352 e. The van der Waals surface area contributed by atoms with Crippen LogP contribution in [0.15, 0.2) is 54.6 Å². The number of alkyl halides is 3. The van der Waals surface area contributed by atoms with Crippen molar-refractivity contribution in [3.8, 4) is 0 Å². The summed E-state index contributed by atoms with van der Waals surface area (Å²) >= 11 is 0. The first kappa shape index (κ1) is 31.1. The van der Waals surface area contributed by atoms with Crippen molar-refractivity contribution in [2.45, 2.75) is 64.7 Å². The second-order valence-electron chi connectivity index (χ2n) is 9.30. The zero-order valence-corrected chi connectivity index (χ0v) is 23.0. The number of nitrogens with zero attached hydrogens (tertiary/aromatic N) is 2. The Morgan fingerprint density at radius 3 is 2.24 bits per heavy atom. The van der Waals surface area contributed by atoms with Gasteiger partial charge < -0.3 is 10.2 Å². The van der Waals surface area contributed by atoms with E-state index in [0.717, 1.165) is 40.7 Å². The van der Waals surface area contributed by atoms with E-state index in [-0.39, 0.29) is 49.5 Å². The maximum absolute atomic E-state index is 13.2. The molecule has 0 spiro atoms. The number of carbonyl (C=O) groups excluding carboxylic acids is 2. The lowest BCUT2D eigenvalue weighted by Gasteiger charge is -2.30. The molecular formula is C27H36F3N3O4S. The van der Waals surface area contributed by atoms with E-state index in [2.05, 4.69) is 5.32 Å². The van der Waals surface area contributed by atoms with Crippen molar-refractivity contribution in [1.29, 1.82) is 0 Å². The molecule has 0 aliphatic carbocycles.